The molecule has 7 heteroatoms. The highest BCUT2D eigenvalue weighted by atomic mass is 32.2. The van der Waals surface area contributed by atoms with Crippen molar-refractivity contribution in [1.29, 1.82) is 0 Å². The fourth-order valence-electron chi connectivity index (χ4n) is 2.51. The van der Waals surface area contributed by atoms with Gasteiger partial charge in [0, 0.05) is 13.1 Å². The molecule has 0 unspecified atom stereocenters. The number of hydrogen-bond donors (Lipinski definition) is 1. The normalized spacial score (nSPS) is 11.8. The third kappa shape index (κ3) is 2.75. The summed E-state index contributed by atoms with van der Waals surface area (Å²) in [5.74, 6) is -0.491. The van der Waals surface area contributed by atoms with Gasteiger partial charge in [0.15, 0.2) is 5.58 Å². The number of rotatable bonds is 3. The molecule has 1 aromatic heterocycles. The number of oxazole rings is 1. The molecule has 0 aliphatic carbocycles. The second-order valence-corrected chi connectivity index (χ2v) is 7.13. The lowest BCUT2D eigenvalue weighted by Gasteiger charge is -2.11. The van der Waals surface area contributed by atoms with E-state index in [2.05, 4.69) is 4.72 Å². The van der Waals surface area contributed by atoms with Crippen molar-refractivity contribution in [1.82, 2.24) is 4.57 Å². The van der Waals surface area contributed by atoms with Crippen LogP contribution in [0.2, 0.25) is 0 Å². The standard InChI is InChI=1S/C16H16N2O4S/c1-10-4-7-15(11(2)8-10)23(20,21)17-12-5-6-13-14(9-12)22-16(19)18(13)3/h4-9,17H,1-3H3. The number of benzene rings is 2. The highest BCUT2D eigenvalue weighted by Crippen LogP contribution is 2.23. The maximum absolute atomic E-state index is 12.5. The molecular formula is C16H16N2O4S. The summed E-state index contributed by atoms with van der Waals surface area (Å²) in [7, 11) is -2.12. The molecule has 0 spiro atoms. The van der Waals surface area contributed by atoms with Crippen LogP contribution in [-0.4, -0.2) is 13.0 Å². The number of nitrogens with zero attached hydrogens (tertiary/aromatic N) is 1. The average molecular weight is 332 g/mol. The Hall–Kier alpha value is -2.54. The molecule has 120 valence electrons. The van der Waals surface area contributed by atoms with Crippen LogP contribution in [0.25, 0.3) is 11.1 Å². The van der Waals surface area contributed by atoms with Gasteiger partial charge in [-0.3, -0.25) is 9.29 Å². The van der Waals surface area contributed by atoms with Gasteiger partial charge in [-0.15, -0.1) is 0 Å². The molecule has 0 bridgehead atoms. The van der Waals surface area contributed by atoms with Crippen LogP contribution in [-0.2, 0) is 17.1 Å². The fourth-order valence-corrected chi connectivity index (χ4v) is 3.79. The third-order valence-electron chi connectivity index (χ3n) is 3.66. The summed E-state index contributed by atoms with van der Waals surface area (Å²) in [4.78, 5) is 11.7. The summed E-state index contributed by atoms with van der Waals surface area (Å²) in [5, 5.41) is 0. The van der Waals surface area contributed by atoms with Crippen LogP contribution in [0.4, 0.5) is 5.69 Å². The van der Waals surface area contributed by atoms with E-state index in [1.54, 1.807) is 38.2 Å². The largest absolute Gasteiger partial charge is 0.419 e. The van der Waals surface area contributed by atoms with E-state index in [4.69, 9.17) is 4.42 Å². The van der Waals surface area contributed by atoms with Gasteiger partial charge >= 0.3 is 5.76 Å². The zero-order valence-electron chi connectivity index (χ0n) is 13.0. The van der Waals surface area contributed by atoms with Crippen molar-refractivity contribution in [3.63, 3.8) is 0 Å². The second-order valence-electron chi connectivity index (χ2n) is 5.48. The van der Waals surface area contributed by atoms with E-state index in [9.17, 15) is 13.2 Å². The number of hydrogen-bond acceptors (Lipinski definition) is 4. The minimum Gasteiger partial charge on any atom is -0.408 e. The van der Waals surface area contributed by atoms with Crippen molar-refractivity contribution >= 4 is 26.8 Å². The second kappa shape index (κ2) is 5.27. The molecule has 0 saturated carbocycles. The summed E-state index contributed by atoms with van der Waals surface area (Å²) >= 11 is 0. The Balaban J connectivity index is 2.01. The highest BCUT2D eigenvalue weighted by molar-refractivity contribution is 7.92. The number of sulfonamides is 1. The molecule has 0 aliphatic rings. The van der Waals surface area contributed by atoms with Gasteiger partial charge in [0.25, 0.3) is 10.0 Å². The first-order chi connectivity index (χ1) is 10.8. The quantitative estimate of drug-likeness (QED) is 0.799. The Morgan fingerprint density at radius 2 is 1.83 bits per heavy atom. The molecule has 0 fully saturated rings. The molecule has 1 heterocycles. The predicted molar refractivity (Wildman–Crippen MR) is 88.2 cm³/mol. The summed E-state index contributed by atoms with van der Waals surface area (Å²) in [6.45, 7) is 3.66. The van der Waals surface area contributed by atoms with Crippen molar-refractivity contribution in [2.75, 3.05) is 4.72 Å². The van der Waals surface area contributed by atoms with E-state index in [-0.39, 0.29) is 4.90 Å². The molecule has 2 aromatic carbocycles. The Labute approximate surface area is 133 Å². The van der Waals surface area contributed by atoms with Crippen LogP contribution >= 0.6 is 0 Å². The van der Waals surface area contributed by atoms with Crippen molar-refractivity contribution < 1.29 is 12.8 Å². The minimum absolute atomic E-state index is 0.220. The number of aryl methyl sites for hydroxylation is 3. The van der Waals surface area contributed by atoms with Gasteiger partial charge in [-0.2, -0.15) is 0 Å². The van der Waals surface area contributed by atoms with Gasteiger partial charge < -0.3 is 4.42 Å². The molecule has 23 heavy (non-hydrogen) atoms. The van der Waals surface area contributed by atoms with Crippen LogP contribution in [0.3, 0.4) is 0 Å². The van der Waals surface area contributed by atoms with Gasteiger partial charge in [-0.25, -0.2) is 13.2 Å². The first-order valence-corrected chi connectivity index (χ1v) is 8.46. The molecular weight excluding hydrogens is 316 g/mol. The molecule has 1 N–H and O–H groups in total. The van der Waals surface area contributed by atoms with E-state index in [0.717, 1.165) is 5.56 Å². The molecule has 0 radical (unpaired) electrons. The Morgan fingerprint density at radius 3 is 2.52 bits per heavy atom. The summed E-state index contributed by atoms with van der Waals surface area (Å²) in [6, 6.07) is 9.87. The van der Waals surface area contributed by atoms with Gasteiger partial charge in [-0.1, -0.05) is 17.7 Å². The molecule has 0 aliphatic heterocycles. The smallest absolute Gasteiger partial charge is 0.408 e. The topological polar surface area (TPSA) is 81.3 Å². The van der Waals surface area contributed by atoms with E-state index < -0.39 is 15.8 Å². The lowest BCUT2D eigenvalue weighted by atomic mass is 10.2. The Kier molecular flexibility index (Phi) is 3.52. The number of fused-ring (bicyclic) bond motifs is 1. The first kappa shape index (κ1) is 15.4. The lowest BCUT2D eigenvalue weighted by molar-refractivity contribution is 0.528. The molecule has 6 nitrogen and oxygen atoms in total. The number of nitrogens with one attached hydrogen (secondary N) is 1. The van der Waals surface area contributed by atoms with E-state index in [1.807, 2.05) is 13.0 Å². The van der Waals surface area contributed by atoms with Crippen molar-refractivity contribution in [2.24, 2.45) is 7.05 Å². The monoisotopic (exact) mass is 332 g/mol. The zero-order chi connectivity index (χ0) is 16.8. The molecule has 0 atom stereocenters. The van der Waals surface area contributed by atoms with Gasteiger partial charge in [0.2, 0.25) is 0 Å². The molecule has 0 amide bonds. The summed E-state index contributed by atoms with van der Waals surface area (Å²) < 4.78 is 34.0. The summed E-state index contributed by atoms with van der Waals surface area (Å²) in [6.07, 6.45) is 0. The van der Waals surface area contributed by atoms with Crippen molar-refractivity contribution in [3.05, 3.63) is 58.1 Å². The maximum Gasteiger partial charge on any atom is 0.419 e. The van der Waals surface area contributed by atoms with E-state index in [1.165, 1.54) is 10.6 Å². The van der Waals surface area contributed by atoms with Crippen LogP contribution in [0.15, 0.2) is 50.5 Å². The number of anilines is 1. The Bertz CT molecular complexity index is 1060. The van der Waals surface area contributed by atoms with E-state index in [0.29, 0.717) is 22.4 Å². The SMILES string of the molecule is Cc1ccc(S(=O)(=O)Nc2ccc3c(c2)oc(=O)n3C)c(C)c1. The van der Waals surface area contributed by atoms with Gasteiger partial charge in [0.05, 0.1) is 16.1 Å². The Morgan fingerprint density at radius 1 is 1.09 bits per heavy atom. The van der Waals surface area contributed by atoms with Crippen LogP contribution < -0.4 is 10.5 Å². The average Bonchev–Trinajstić information content (AvgIpc) is 2.72. The molecule has 3 rings (SSSR count). The predicted octanol–water partition coefficient (Wildman–Crippen LogP) is 2.55. The zero-order valence-corrected chi connectivity index (χ0v) is 13.8. The van der Waals surface area contributed by atoms with Crippen molar-refractivity contribution in [2.45, 2.75) is 18.7 Å². The molecule has 3 aromatic rings. The first-order valence-electron chi connectivity index (χ1n) is 6.97. The lowest BCUT2D eigenvalue weighted by Crippen LogP contribution is -2.14. The highest BCUT2D eigenvalue weighted by Gasteiger charge is 2.17. The summed E-state index contributed by atoms with van der Waals surface area (Å²) in [5.41, 5.74) is 2.94. The van der Waals surface area contributed by atoms with Crippen LogP contribution in [0.1, 0.15) is 11.1 Å². The maximum atomic E-state index is 12.5. The van der Waals surface area contributed by atoms with Crippen molar-refractivity contribution in [3.8, 4) is 0 Å². The fraction of sp³-hybridized carbons (Fsp3) is 0.188. The van der Waals surface area contributed by atoms with Gasteiger partial charge in [-0.05, 0) is 37.6 Å². The van der Waals surface area contributed by atoms with E-state index >= 15 is 0 Å². The number of aromatic nitrogens is 1. The van der Waals surface area contributed by atoms with Crippen LogP contribution in [0.5, 0.6) is 0 Å². The third-order valence-corrected chi connectivity index (χ3v) is 5.21. The minimum atomic E-state index is -3.71. The van der Waals surface area contributed by atoms with Gasteiger partial charge in [0.1, 0.15) is 0 Å². The molecule has 0 saturated heterocycles. The van der Waals surface area contributed by atoms with Crippen LogP contribution in [0, 0.1) is 13.8 Å².